The van der Waals surface area contributed by atoms with Gasteiger partial charge in [0.05, 0.1) is 10.6 Å². The maximum absolute atomic E-state index is 12.0. The van der Waals surface area contributed by atoms with E-state index < -0.39 is 10.8 Å². The first-order valence-electron chi connectivity index (χ1n) is 5.47. The van der Waals surface area contributed by atoms with Gasteiger partial charge in [-0.3, -0.25) is 20.2 Å². The molecule has 7 heteroatoms. The zero-order valence-corrected chi connectivity index (χ0v) is 10.3. The minimum absolute atomic E-state index is 0.0148. The molecule has 98 valence electrons. The number of hydrogen-bond acceptors (Lipinski definition) is 5. The molecule has 7 nitrogen and oxygen atoms in total. The van der Waals surface area contributed by atoms with Crippen LogP contribution in [-0.4, -0.2) is 16.0 Å². The summed E-state index contributed by atoms with van der Waals surface area (Å²) in [6, 6.07) is 5.86. The molecule has 19 heavy (non-hydrogen) atoms. The zero-order chi connectivity index (χ0) is 14.0. The van der Waals surface area contributed by atoms with Gasteiger partial charge in [0.25, 0.3) is 11.6 Å². The van der Waals surface area contributed by atoms with Gasteiger partial charge in [-0.15, -0.1) is 0 Å². The van der Waals surface area contributed by atoms with Crippen molar-refractivity contribution < 1.29 is 14.2 Å². The number of rotatable bonds is 3. The number of anilines is 1. The Balaban J connectivity index is 2.32. The lowest BCUT2D eigenvalue weighted by Gasteiger charge is -2.03. The molecule has 0 radical (unpaired) electrons. The molecule has 2 rings (SSSR count). The summed E-state index contributed by atoms with van der Waals surface area (Å²) in [5, 5.41) is 16.9. The van der Waals surface area contributed by atoms with Crippen LogP contribution in [0.3, 0.4) is 0 Å². The number of carbonyl (C=O) groups is 1. The van der Waals surface area contributed by atoms with E-state index >= 15 is 0 Å². The molecule has 0 saturated carbocycles. The average molecular weight is 261 g/mol. The van der Waals surface area contributed by atoms with Crippen molar-refractivity contribution >= 4 is 17.5 Å². The third kappa shape index (κ3) is 2.76. The predicted molar refractivity (Wildman–Crippen MR) is 67.0 cm³/mol. The number of hydrogen-bond donors (Lipinski definition) is 1. The van der Waals surface area contributed by atoms with Gasteiger partial charge >= 0.3 is 0 Å². The largest absolute Gasteiger partial charge is 0.338 e. The van der Waals surface area contributed by atoms with Crippen LogP contribution in [0.4, 0.5) is 11.6 Å². The standard InChI is InChI=1S/C12H11N3O4/c1-7-3-4-10(15(17)18)9(5-7)12(16)13-11-6-8(2)14-19-11/h3-6H,1-2H3,(H,13,16). The minimum atomic E-state index is -0.605. The number of amides is 1. The third-order valence-electron chi connectivity index (χ3n) is 2.46. The Bertz CT molecular complexity index is 648. The summed E-state index contributed by atoms with van der Waals surface area (Å²) in [5.74, 6) is -0.454. The predicted octanol–water partition coefficient (Wildman–Crippen LogP) is 2.45. The van der Waals surface area contributed by atoms with Gasteiger partial charge < -0.3 is 4.52 Å². The highest BCUT2D eigenvalue weighted by atomic mass is 16.6. The lowest BCUT2D eigenvalue weighted by molar-refractivity contribution is -0.385. The van der Waals surface area contributed by atoms with E-state index in [4.69, 9.17) is 4.52 Å². The van der Waals surface area contributed by atoms with Gasteiger partial charge in [-0.1, -0.05) is 11.2 Å². The van der Waals surface area contributed by atoms with Gasteiger partial charge in [0.2, 0.25) is 5.88 Å². The van der Waals surface area contributed by atoms with Gasteiger partial charge in [-0.2, -0.15) is 0 Å². The lowest BCUT2D eigenvalue weighted by Crippen LogP contribution is -2.13. The van der Waals surface area contributed by atoms with Crippen LogP contribution in [0.2, 0.25) is 0 Å². The van der Waals surface area contributed by atoms with Crippen molar-refractivity contribution in [3.63, 3.8) is 0 Å². The fourth-order valence-corrected chi connectivity index (χ4v) is 1.59. The fraction of sp³-hybridized carbons (Fsp3) is 0.167. The van der Waals surface area contributed by atoms with E-state index in [2.05, 4.69) is 10.5 Å². The summed E-state index contributed by atoms with van der Waals surface area (Å²) in [7, 11) is 0. The summed E-state index contributed by atoms with van der Waals surface area (Å²) in [6.07, 6.45) is 0. The number of nitro groups is 1. The van der Waals surface area contributed by atoms with E-state index in [1.54, 1.807) is 19.9 Å². The van der Waals surface area contributed by atoms with E-state index in [0.29, 0.717) is 5.69 Å². The van der Waals surface area contributed by atoms with Crippen LogP contribution in [0.15, 0.2) is 28.8 Å². The molecule has 1 aromatic carbocycles. The van der Waals surface area contributed by atoms with Gasteiger partial charge in [-0.25, -0.2) is 0 Å². The highest BCUT2D eigenvalue weighted by Gasteiger charge is 2.21. The van der Waals surface area contributed by atoms with Crippen molar-refractivity contribution in [3.8, 4) is 0 Å². The van der Waals surface area contributed by atoms with E-state index in [0.717, 1.165) is 5.56 Å². The number of nitrogens with zero attached hydrogens (tertiary/aromatic N) is 2. The molecule has 0 aliphatic carbocycles. The molecule has 0 spiro atoms. The van der Waals surface area contributed by atoms with Gasteiger partial charge in [0.15, 0.2) is 0 Å². The maximum atomic E-state index is 12.0. The number of carbonyl (C=O) groups excluding carboxylic acids is 1. The van der Waals surface area contributed by atoms with Gasteiger partial charge in [0.1, 0.15) is 5.56 Å². The van der Waals surface area contributed by atoms with Crippen molar-refractivity contribution in [2.45, 2.75) is 13.8 Å². The summed E-state index contributed by atoms with van der Waals surface area (Å²) >= 11 is 0. The molecule has 0 unspecified atom stereocenters. The molecule has 0 atom stereocenters. The fourth-order valence-electron chi connectivity index (χ4n) is 1.59. The van der Waals surface area contributed by atoms with Crippen molar-refractivity contribution in [2.75, 3.05) is 5.32 Å². The van der Waals surface area contributed by atoms with Crippen molar-refractivity contribution in [1.82, 2.24) is 5.16 Å². The van der Waals surface area contributed by atoms with E-state index in [1.165, 1.54) is 18.2 Å². The molecular formula is C12H11N3O4. The monoisotopic (exact) mass is 261 g/mol. The molecule has 1 aromatic heterocycles. The third-order valence-corrected chi connectivity index (χ3v) is 2.46. The molecule has 1 heterocycles. The van der Waals surface area contributed by atoms with Gasteiger partial charge in [0, 0.05) is 12.1 Å². The van der Waals surface area contributed by atoms with Crippen LogP contribution in [0, 0.1) is 24.0 Å². The molecule has 0 aliphatic heterocycles. The van der Waals surface area contributed by atoms with Crippen LogP contribution in [0.1, 0.15) is 21.6 Å². The van der Waals surface area contributed by atoms with Gasteiger partial charge in [-0.05, 0) is 25.5 Å². The lowest BCUT2D eigenvalue weighted by atomic mass is 10.1. The van der Waals surface area contributed by atoms with Crippen molar-refractivity contribution in [2.24, 2.45) is 0 Å². The number of benzene rings is 1. The normalized spacial score (nSPS) is 10.2. The molecule has 0 bridgehead atoms. The van der Waals surface area contributed by atoms with E-state index in [1.807, 2.05) is 0 Å². The highest BCUT2D eigenvalue weighted by Crippen LogP contribution is 2.21. The Labute approximate surface area is 108 Å². The summed E-state index contributed by atoms with van der Waals surface area (Å²) in [6.45, 7) is 3.45. The summed E-state index contributed by atoms with van der Waals surface area (Å²) in [5.41, 5.74) is 1.09. The van der Waals surface area contributed by atoms with E-state index in [9.17, 15) is 14.9 Å². The second kappa shape index (κ2) is 4.89. The maximum Gasteiger partial charge on any atom is 0.282 e. The molecule has 0 fully saturated rings. The second-order valence-corrected chi connectivity index (χ2v) is 4.06. The number of aromatic nitrogens is 1. The summed E-state index contributed by atoms with van der Waals surface area (Å²) < 4.78 is 4.84. The molecule has 0 aliphatic rings. The van der Waals surface area contributed by atoms with Crippen LogP contribution in [0.25, 0.3) is 0 Å². The SMILES string of the molecule is Cc1ccc([N+](=O)[O-])c(C(=O)Nc2cc(C)no2)c1. The summed E-state index contributed by atoms with van der Waals surface area (Å²) in [4.78, 5) is 22.3. The highest BCUT2D eigenvalue weighted by molar-refractivity contribution is 6.06. The first-order valence-corrected chi connectivity index (χ1v) is 5.47. The Hall–Kier alpha value is -2.70. The van der Waals surface area contributed by atoms with Crippen LogP contribution in [-0.2, 0) is 0 Å². The smallest absolute Gasteiger partial charge is 0.282 e. The number of aryl methyl sites for hydroxylation is 2. The average Bonchev–Trinajstić information content (AvgIpc) is 2.74. The van der Waals surface area contributed by atoms with Crippen molar-refractivity contribution in [1.29, 1.82) is 0 Å². The Morgan fingerprint density at radius 2 is 2.11 bits per heavy atom. The first-order chi connectivity index (χ1) is 8.97. The molecule has 1 amide bonds. The first kappa shape index (κ1) is 12.7. The van der Waals surface area contributed by atoms with E-state index in [-0.39, 0.29) is 17.1 Å². The molecule has 0 saturated heterocycles. The molecule has 1 N–H and O–H groups in total. The molecular weight excluding hydrogens is 250 g/mol. The topological polar surface area (TPSA) is 98.3 Å². The number of nitrogens with one attached hydrogen (secondary N) is 1. The van der Waals surface area contributed by atoms with Crippen LogP contribution >= 0.6 is 0 Å². The number of nitro benzene ring substituents is 1. The molecule has 2 aromatic rings. The Morgan fingerprint density at radius 3 is 2.68 bits per heavy atom. The van der Waals surface area contributed by atoms with Crippen molar-refractivity contribution in [3.05, 3.63) is 51.2 Å². The second-order valence-electron chi connectivity index (χ2n) is 4.06. The quantitative estimate of drug-likeness (QED) is 0.675. The zero-order valence-electron chi connectivity index (χ0n) is 10.3. The Kier molecular flexibility index (Phi) is 3.28. The minimum Gasteiger partial charge on any atom is -0.338 e. The van der Waals surface area contributed by atoms with Crippen LogP contribution < -0.4 is 5.32 Å². The van der Waals surface area contributed by atoms with Crippen LogP contribution in [0.5, 0.6) is 0 Å². The Morgan fingerprint density at radius 1 is 1.37 bits per heavy atom.